The van der Waals surface area contributed by atoms with Crippen LogP contribution in [0, 0.1) is 5.82 Å². The van der Waals surface area contributed by atoms with Gasteiger partial charge in [-0.25, -0.2) is 9.07 Å². The van der Waals surface area contributed by atoms with Crippen LogP contribution < -0.4 is 4.74 Å². The molecular weight excluding hydrogens is 225 g/mol. The van der Waals surface area contributed by atoms with Gasteiger partial charge in [0.25, 0.3) is 0 Å². The summed E-state index contributed by atoms with van der Waals surface area (Å²) in [5.74, 6) is -0.0712. The van der Waals surface area contributed by atoms with Crippen LogP contribution in [-0.2, 0) is 7.05 Å². The Hall–Kier alpha value is -1.95. The molecule has 0 saturated heterocycles. The van der Waals surface area contributed by atoms with Gasteiger partial charge in [-0.05, 0) is 6.07 Å². The zero-order valence-electron chi connectivity index (χ0n) is 9.46. The molecule has 2 aromatic rings. The van der Waals surface area contributed by atoms with Crippen LogP contribution >= 0.6 is 0 Å². The van der Waals surface area contributed by atoms with Gasteiger partial charge >= 0.3 is 0 Å². The fourth-order valence-electron chi connectivity index (χ4n) is 1.56. The van der Waals surface area contributed by atoms with Crippen molar-refractivity contribution < 1.29 is 14.2 Å². The third-order valence-electron chi connectivity index (χ3n) is 2.44. The largest absolute Gasteiger partial charge is 0.481 e. The lowest BCUT2D eigenvalue weighted by Gasteiger charge is -2.07. The van der Waals surface area contributed by atoms with E-state index in [1.165, 1.54) is 24.1 Å². The minimum atomic E-state index is -1.13. The first-order valence-electron chi connectivity index (χ1n) is 4.99. The predicted octanol–water partition coefficient (Wildman–Crippen LogP) is 1.04. The molecule has 0 aliphatic heterocycles. The lowest BCUT2D eigenvalue weighted by molar-refractivity contribution is 0.209. The molecular formula is C11H12FN3O2. The first kappa shape index (κ1) is 11.5. The number of aryl methyl sites for hydroxylation is 1. The lowest BCUT2D eigenvalue weighted by atomic mass is 10.1. The fourth-order valence-corrected chi connectivity index (χ4v) is 1.56. The summed E-state index contributed by atoms with van der Waals surface area (Å²) in [6.45, 7) is 0. The molecule has 0 radical (unpaired) electrons. The summed E-state index contributed by atoms with van der Waals surface area (Å²) < 4.78 is 19.9. The number of pyridine rings is 1. The molecule has 0 fully saturated rings. The third-order valence-corrected chi connectivity index (χ3v) is 2.44. The van der Waals surface area contributed by atoms with E-state index < -0.39 is 11.9 Å². The molecule has 17 heavy (non-hydrogen) atoms. The molecule has 2 rings (SSSR count). The van der Waals surface area contributed by atoms with Crippen molar-refractivity contribution in [3.8, 4) is 5.88 Å². The number of halogens is 1. The zero-order valence-corrected chi connectivity index (χ0v) is 9.46. The Balaban J connectivity index is 2.37. The summed E-state index contributed by atoms with van der Waals surface area (Å²) >= 11 is 0. The summed E-state index contributed by atoms with van der Waals surface area (Å²) in [6.07, 6.45) is 1.34. The van der Waals surface area contributed by atoms with Gasteiger partial charge in [-0.3, -0.25) is 4.98 Å². The van der Waals surface area contributed by atoms with Gasteiger partial charge in [0.1, 0.15) is 11.9 Å². The van der Waals surface area contributed by atoms with E-state index in [0.29, 0.717) is 11.6 Å². The minimum Gasteiger partial charge on any atom is -0.481 e. The minimum absolute atomic E-state index is 0.140. The maximum Gasteiger partial charge on any atom is 0.211 e. The number of hydrogen-bond acceptors (Lipinski definition) is 4. The van der Waals surface area contributed by atoms with Crippen LogP contribution in [-0.4, -0.2) is 27.0 Å². The Morgan fingerprint density at radius 2 is 2.29 bits per heavy atom. The topological polar surface area (TPSA) is 60.2 Å². The van der Waals surface area contributed by atoms with E-state index in [4.69, 9.17) is 4.74 Å². The van der Waals surface area contributed by atoms with Crippen molar-refractivity contribution in [1.29, 1.82) is 0 Å². The van der Waals surface area contributed by atoms with Crippen LogP contribution in [0.5, 0.6) is 5.88 Å². The molecule has 1 unspecified atom stereocenters. The fraction of sp³-hybridized carbons (Fsp3) is 0.273. The van der Waals surface area contributed by atoms with Crippen molar-refractivity contribution in [2.24, 2.45) is 7.05 Å². The second kappa shape index (κ2) is 4.50. The van der Waals surface area contributed by atoms with Crippen molar-refractivity contribution in [3.63, 3.8) is 0 Å². The first-order valence-corrected chi connectivity index (χ1v) is 4.99. The second-order valence-electron chi connectivity index (χ2n) is 3.53. The van der Waals surface area contributed by atoms with E-state index in [-0.39, 0.29) is 5.56 Å². The van der Waals surface area contributed by atoms with Crippen LogP contribution in [0.3, 0.4) is 0 Å². The molecule has 1 atom stereocenters. The quantitative estimate of drug-likeness (QED) is 0.866. The molecule has 2 heterocycles. The number of aliphatic hydroxyl groups is 1. The molecule has 0 bridgehead atoms. The summed E-state index contributed by atoms with van der Waals surface area (Å²) in [7, 11) is 3.18. The molecule has 1 N–H and O–H groups in total. The summed E-state index contributed by atoms with van der Waals surface area (Å²) in [6, 6.07) is 2.98. The Kier molecular flexibility index (Phi) is 3.06. The Labute approximate surface area is 97.5 Å². The van der Waals surface area contributed by atoms with Crippen molar-refractivity contribution in [3.05, 3.63) is 41.6 Å². The molecule has 0 aliphatic rings. The molecule has 5 nitrogen and oxygen atoms in total. The van der Waals surface area contributed by atoms with Crippen molar-refractivity contribution in [2.75, 3.05) is 7.11 Å². The molecule has 6 heteroatoms. The van der Waals surface area contributed by atoms with Crippen LogP contribution in [0.2, 0.25) is 0 Å². The molecule has 0 saturated carbocycles. The van der Waals surface area contributed by atoms with Gasteiger partial charge in [0.15, 0.2) is 0 Å². The van der Waals surface area contributed by atoms with Crippen LogP contribution in [0.25, 0.3) is 0 Å². The molecule has 0 spiro atoms. The average molecular weight is 237 g/mol. The number of hydrogen-bond donors (Lipinski definition) is 1. The van der Waals surface area contributed by atoms with Gasteiger partial charge in [-0.1, -0.05) is 0 Å². The van der Waals surface area contributed by atoms with Gasteiger partial charge in [0, 0.05) is 24.9 Å². The highest BCUT2D eigenvalue weighted by atomic mass is 19.1. The van der Waals surface area contributed by atoms with Crippen molar-refractivity contribution >= 4 is 0 Å². The number of aliphatic hydroxyl groups excluding tert-OH is 1. The van der Waals surface area contributed by atoms with Crippen molar-refractivity contribution in [1.82, 2.24) is 14.8 Å². The average Bonchev–Trinajstić information content (AvgIpc) is 2.70. The highest BCUT2D eigenvalue weighted by Gasteiger charge is 2.19. The third kappa shape index (κ3) is 2.12. The Morgan fingerprint density at radius 3 is 2.88 bits per heavy atom. The Bertz CT molecular complexity index is 527. The summed E-state index contributed by atoms with van der Waals surface area (Å²) in [5.41, 5.74) is 0.468. The van der Waals surface area contributed by atoms with Gasteiger partial charge in [-0.2, -0.15) is 5.10 Å². The molecule has 0 aromatic carbocycles. The van der Waals surface area contributed by atoms with E-state index in [1.54, 1.807) is 13.1 Å². The van der Waals surface area contributed by atoms with E-state index in [2.05, 4.69) is 10.1 Å². The summed E-state index contributed by atoms with van der Waals surface area (Å²) in [4.78, 5) is 3.62. The number of rotatable bonds is 3. The van der Waals surface area contributed by atoms with Gasteiger partial charge in [0.05, 0.1) is 19.0 Å². The van der Waals surface area contributed by atoms with Gasteiger partial charge < -0.3 is 9.84 Å². The van der Waals surface area contributed by atoms with E-state index >= 15 is 0 Å². The molecule has 0 aliphatic carbocycles. The second-order valence-corrected chi connectivity index (χ2v) is 3.53. The van der Waals surface area contributed by atoms with Crippen LogP contribution in [0.1, 0.15) is 17.4 Å². The SMILES string of the molecule is COc1cc(C(O)c2ccncc2F)nn1C. The standard InChI is InChI=1S/C11H12FN3O2/c1-15-10(17-2)5-9(14-15)11(16)7-3-4-13-6-8(7)12/h3-6,11,16H,1-2H3. The monoisotopic (exact) mass is 237 g/mol. The normalized spacial score (nSPS) is 12.5. The van der Waals surface area contributed by atoms with Crippen LogP contribution in [0.4, 0.5) is 4.39 Å². The first-order chi connectivity index (χ1) is 8.13. The molecule has 90 valence electrons. The lowest BCUT2D eigenvalue weighted by Crippen LogP contribution is -2.04. The van der Waals surface area contributed by atoms with Crippen LogP contribution in [0.15, 0.2) is 24.5 Å². The number of aromatic nitrogens is 3. The van der Waals surface area contributed by atoms with Crippen molar-refractivity contribution in [2.45, 2.75) is 6.10 Å². The smallest absolute Gasteiger partial charge is 0.211 e. The highest BCUT2D eigenvalue weighted by molar-refractivity contribution is 5.27. The van der Waals surface area contributed by atoms with Gasteiger partial charge in [0.2, 0.25) is 5.88 Å². The Morgan fingerprint density at radius 1 is 1.53 bits per heavy atom. The number of ether oxygens (including phenoxy) is 1. The number of nitrogens with zero attached hydrogens (tertiary/aromatic N) is 3. The predicted molar refractivity (Wildman–Crippen MR) is 58.0 cm³/mol. The maximum atomic E-state index is 13.4. The molecule has 0 amide bonds. The highest BCUT2D eigenvalue weighted by Crippen LogP contribution is 2.25. The zero-order chi connectivity index (χ0) is 12.4. The van der Waals surface area contributed by atoms with E-state index in [0.717, 1.165) is 6.20 Å². The van der Waals surface area contributed by atoms with E-state index in [9.17, 15) is 9.50 Å². The van der Waals surface area contributed by atoms with Gasteiger partial charge in [-0.15, -0.1) is 0 Å². The summed E-state index contributed by atoms with van der Waals surface area (Å²) in [5, 5.41) is 14.1. The maximum absolute atomic E-state index is 13.4. The van der Waals surface area contributed by atoms with E-state index in [1.807, 2.05) is 0 Å². The molecule has 2 aromatic heterocycles. The number of methoxy groups -OCH3 is 1.